The smallest absolute Gasteiger partial charge is 0.269 e. The van der Waals surface area contributed by atoms with Gasteiger partial charge in [-0.05, 0) is 77.9 Å². The first kappa shape index (κ1) is 27.5. The van der Waals surface area contributed by atoms with Crippen molar-refractivity contribution in [3.63, 3.8) is 0 Å². The molecule has 37 heavy (non-hydrogen) atoms. The zero-order valence-corrected chi connectivity index (χ0v) is 22.1. The number of hydrazine groups is 1. The van der Waals surface area contributed by atoms with Gasteiger partial charge in [-0.3, -0.25) is 25.2 Å². The minimum absolute atomic E-state index is 0.0104. The lowest BCUT2D eigenvalue weighted by Crippen LogP contribution is -2.41. The highest BCUT2D eigenvalue weighted by atomic mass is 16.5. The summed E-state index contributed by atoms with van der Waals surface area (Å²) < 4.78 is 5.69. The second kappa shape index (κ2) is 12.2. The second-order valence-corrected chi connectivity index (χ2v) is 10.3. The summed E-state index contributed by atoms with van der Waals surface area (Å²) in [7, 11) is 0. The number of rotatable bonds is 8. The van der Waals surface area contributed by atoms with Gasteiger partial charge in [0.1, 0.15) is 5.75 Å². The number of ether oxygens (including phenoxy) is 1. The van der Waals surface area contributed by atoms with Crippen LogP contribution >= 0.6 is 0 Å². The minimum Gasteiger partial charge on any atom is -0.494 e. The molecule has 0 spiro atoms. The predicted octanol–water partition coefficient (Wildman–Crippen LogP) is 5.74. The molecule has 7 nitrogen and oxygen atoms in total. The highest BCUT2D eigenvalue weighted by Gasteiger charge is 2.15. The maximum absolute atomic E-state index is 12.6. The topological polar surface area (TPSA) is 96.5 Å². The number of benzene rings is 3. The van der Waals surface area contributed by atoms with Crippen LogP contribution in [0.25, 0.3) is 0 Å². The van der Waals surface area contributed by atoms with Gasteiger partial charge >= 0.3 is 0 Å². The molecule has 0 atom stereocenters. The standard InChI is InChI=1S/C30H35N3O4/c1-20(2)17-18-37-26-8-6-7-23(19-26)29(36)33-32-28(35)22-11-15-25(16-12-22)31-27(34)21-9-13-24(14-10-21)30(3,4)5/h6-16,19-20H,17-18H2,1-5H3,(H,31,34)(H,32,35)(H,33,36). The van der Waals surface area contributed by atoms with Gasteiger partial charge in [-0.25, -0.2) is 0 Å². The molecule has 0 heterocycles. The molecule has 0 aromatic heterocycles. The van der Waals surface area contributed by atoms with Crippen molar-refractivity contribution in [3.05, 3.63) is 95.1 Å². The summed E-state index contributed by atoms with van der Waals surface area (Å²) in [5.74, 6) is -0.0436. The highest BCUT2D eigenvalue weighted by molar-refractivity contribution is 6.04. The van der Waals surface area contributed by atoms with Crippen molar-refractivity contribution < 1.29 is 19.1 Å². The Labute approximate surface area is 218 Å². The molecule has 0 aliphatic heterocycles. The number of carbonyl (C=O) groups excluding carboxylic acids is 3. The van der Waals surface area contributed by atoms with E-state index in [0.29, 0.717) is 40.7 Å². The van der Waals surface area contributed by atoms with Crippen molar-refractivity contribution in [2.45, 2.75) is 46.5 Å². The largest absolute Gasteiger partial charge is 0.494 e. The van der Waals surface area contributed by atoms with Crippen LogP contribution in [0, 0.1) is 5.92 Å². The number of nitrogens with one attached hydrogen (secondary N) is 3. The first-order chi connectivity index (χ1) is 17.5. The van der Waals surface area contributed by atoms with Crippen LogP contribution in [0.15, 0.2) is 72.8 Å². The van der Waals surface area contributed by atoms with Crippen LogP contribution in [0.2, 0.25) is 0 Å². The van der Waals surface area contributed by atoms with E-state index >= 15 is 0 Å². The second-order valence-electron chi connectivity index (χ2n) is 10.3. The van der Waals surface area contributed by atoms with Gasteiger partial charge in [-0.15, -0.1) is 0 Å². The molecule has 3 aromatic carbocycles. The normalized spacial score (nSPS) is 11.1. The fourth-order valence-corrected chi connectivity index (χ4v) is 3.43. The van der Waals surface area contributed by atoms with Gasteiger partial charge in [0.25, 0.3) is 17.7 Å². The highest BCUT2D eigenvalue weighted by Crippen LogP contribution is 2.22. The molecule has 0 unspecified atom stereocenters. The maximum atomic E-state index is 12.6. The van der Waals surface area contributed by atoms with Crippen molar-refractivity contribution >= 4 is 23.4 Å². The van der Waals surface area contributed by atoms with Gasteiger partial charge in [0.2, 0.25) is 0 Å². The maximum Gasteiger partial charge on any atom is 0.269 e. The Morgan fingerprint density at radius 2 is 1.32 bits per heavy atom. The third kappa shape index (κ3) is 8.20. The minimum atomic E-state index is -0.478. The Morgan fingerprint density at radius 3 is 1.92 bits per heavy atom. The van der Waals surface area contributed by atoms with Crippen LogP contribution in [0.5, 0.6) is 5.75 Å². The van der Waals surface area contributed by atoms with Gasteiger partial charge in [-0.2, -0.15) is 0 Å². The Balaban J connectivity index is 1.52. The number of anilines is 1. The number of hydrogen-bond acceptors (Lipinski definition) is 4. The van der Waals surface area contributed by atoms with Crippen molar-refractivity contribution in [1.82, 2.24) is 10.9 Å². The number of hydrogen-bond donors (Lipinski definition) is 3. The molecule has 3 rings (SSSR count). The molecular weight excluding hydrogens is 466 g/mol. The van der Waals surface area contributed by atoms with Crippen LogP contribution in [-0.2, 0) is 5.41 Å². The summed E-state index contributed by atoms with van der Waals surface area (Å²) >= 11 is 0. The fraction of sp³-hybridized carbons (Fsp3) is 0.300. The molecule has 0 fully saturated rings. The van der Waals surface area contributed by atoms with Crippen molar-refractivity contribution in [3.8, 4) is 5.75 Å². The third-order valence-electron chi connectivity index (χ3n) is 5.77. The van der Waals surface area contributed by atoms with Crippen molar-refractivity contribution in [2.75, 3.05) is 11.9 Å². The molecule has 0 aliphatic carbocycles. The summed E-state index contributed by atoms with van der Waals surface area (Å²) in [6.07, 6.45) is 0.916. The van der Waals surface area contributed by atoms with Gasteiger partial charge < -0.3 is 10.1 Å². The Hall–Kier alpha value is -4.13. The van der Waals surface area contributed by atoms with E-state index in [9.17, 15) is 14.4 Å². The first-order valence-corrected chi connectivity index (χ1v) is 12.4. The number of amides is 3. The summed E-state index contributed by atoms with van der Waals surface area (Å²) in [5.41, 5.74) is 7.79. The molecule has 7 heteroatoms. The van der Waals surface area contributed by atoms with E-state index < -0.39 is 11.8 Å². The van der Waals surface area contributed by atoms with Crippen LogP contribution in [0.3, 0.4) is 0 Å². The molecular formula is C30H35N3O4. The van der Waals surface area contributed by atoms with Gasteiger partial charge in [-0.1, -0.05) is 52.8 Å². The summed E-state index contributed by atoms with van der Waals surface area (Å²) in [6, 6.07) is 20.7. The first-order valence-electron chi connectivity index (χ1n) is 12.4. The van der Waals surface area contributed by atoms with E-state index in [-0.39, 0.29) is 11.3 Å². The molecule has 0 saturated carbocycles. The number of carbonyl (C=O) groups is 3. The molecule has 3 aromatic rings. The molecule has 194 valence electrons. The van der Waals surface area contributed by atoms with Crippen LogP contribution in [-0.4, -0.2) is 24.3 Å². The molecule has 0 radical (unpaired) electrons. The Morgan fingerprint density at radius 1 is 0.757 bits per heavy atom. The lowest BCUT2D eigenvalue weighted by atomic mass is 9.87. The average Bonchev–Trinajstić information content (AvgIpc) is 2.87. The zero-order chi connectivity index (χ0) is 27.0. The lowest BCUT2D eigenvalue weighted by Gasteiger charge is -2.19. The van der Waals surface area contributed by atoms with Gasteiger partial charge in [0, 0.05) is 22.4 Å². The summed E-state index contributed by atoms with van der Waals surface area (Å²) in [5, 5.41) is 2.83. The Bertz CT molecular complexity index is 1230. The SMILES string of the molecule is CC(C)CCOc1cccc(C(=O)NNC(=O)c2ccc(NC(=O)c3ccc(C(C)(C)C)cc3)cc2)c1. The van der Waals surface area contributed by atoms with Crippen LogP contribution in [0.4, 0.5) is 5.69 Å². The molecule has 0 saturated heterocycles. The molecule has 3 amide bonds. The quantitative estimate of drug-likeness (QED) is 0.343. The van der Waals surface area contributed by atoms with E-state index in [2.05, 4.69) is 50.8 Å². The zero-order valence-electron chi connectivity index (χ0n) is 22.1. The summed E-state index contributed by atoms with van der Waals surface area (Å²) in [6.45, 7) is 11.2. The van der Waals surface area contributed by atoms with E-state index in [1.54, 1.807) is 60.7 Å². The summed E-state index contributed by atoms with van der Waals surface area (Å²) in [4.78, 5) is 37.5. The predicted molar refractivity (Wildman–Crippen MR) is 146 cm³/mol. The van der Waals surface area contributed by atoms with E-state index in [1.165, 1.54) is 0 Å². The van der Waals surface area contributed by atoms with Crippen LogP contribution in [0.1, 0.15) is 77.7 Å². The van der Waals surface area contributed by atoms with E-state index in [1.807, 2.05) is 12.1 Å². The van der Waals surface area contributed by atoms with Gasteiger partial charge in [0.15, 0.2) is 0 Å². The van der Waals surface area contributed by atoms with E-state index in [0.717, 1.165) is 12.0 Å². The molecule has 3 N–H and O–H groups in total. The molecule has 0 bridgehead atoms. The van der Waals surface area contributed by atoms with Crippen molar-refractivity contribution in [2.24, 2.45) is 5.92 Å². The van der Waals surface area contributed by atoms with Crippen molar-refractivity contribution in [1.29, 1.82) is 0 Å². The average molecular weight is 502 g/mol. The molecule has 0 aliphatic rings. The Kier molecular flexibility index (Phi) is 9.06. The fourth-order valence-electron chi connectivity index (χ4n) is 3.43. The van der Waals surface area contributed by atoms with E-state index in [4.69, 9.17) is 4.74 Å². The van der Waals surface area contributed by atoms with Gasteiger partial charge in [0.05, 0.1) is 6.61 Å². The van der Waals surface area contributed by atoms with Crippen LogP contribution < -0.4 is 20.9 Å². The lowest BCUT2D eigenvalue weighted by molar-refractivity contribution is 0.0846. The monoisotopic (exact) mass is 501 g/mol. The third-order valence-corrected chi connectivity index (χ3v) is 5.77.